The molecule has 1 aromatic carbocycles. The number of nitrogens with zero attached hydrogens (tertiary/aromatic N) is 1. The van der Waals surface area contributed by atoms with Gasteiger partial charge in [0.2, 0.25) is 5.91 Å². The lowest BCUT2D eigenvalue weighted by Crippen LogP contribution is -2.34. The molecule has 4 nitrogen and oxygen atoms in total. The monoisotopic (exact) mass is 278 g/mol. The van der Waals surface area contributed by atoms with Gasteiger partial charge < -0.3 is 15.7 Å². The topological polar surface area (TPSA) is 66.6 Å². The number of anilines is 1. The van der Waals surface area contributed by atoms with Gasteiger partial charge in [0.15, 0.2) is 0 Å². The number of phenols is 1. The van der Waals surface area contributed by atoms with E-state index >= 15 is 0 Å². The van der Waals surface area contributed by atoms with Crippen LogP contribution in [0.25, 0.3) is 0 Å². The van der Waals surface area contributed by atoms with Crippen molar-refractivity contribution >= 4 is 11.6 Å². The normalized spacial score (nSPS) is 10.5. The van der Waals surface area contributed by atoms with E-state index in [1.165, 1.54) is 0 Å². The number of hydrogen-bond acceptors (Lipinski definition) is 3. The quantitative estimate of drug-likeness (QED) is 0.567. The van der Waals surface area contributed by atoms with Crippen molar-refractivity contribution in [1.29, 1.82) is 0 Å². The summed E-state index contributed by atoms with van der Waals surface area (Å²) in [6.07, 6.45) is 4.54. The Morgan fingerprint density at radius 1 is 1.20 bits per heavy atom. The molecule has 4 heteroatoms. The molecule has 0 radical (unpaired) electrons. The van der Waals surface area contributed by atoms with E-state index in [9.17, 15) is 9.90 Å². The van der Waals surface area contributed by atoms with Crippen LogP contribution < -0.4 is 5.73 Å². The number of benzene rings is 1. The minimum absolute atomic E-state index is 0.0453. The van der Waals surface area contributed by atoms with Crippen molar-refractivity contribution < 1.29 is 9.90 Å². The van der Waals surface area contributed by atoms with Crippen LogP contribution >= 0.6 is 0 Å². The summed E-state index contributed by atoms with van der Waals surface area (Å²) in [5.41, 5.74) is 6.71. The smallest absolute Gasteiger partial charge is 0.226 e. The Balaban J connectivity index is 2.65. The van der Waals surface area contributed by atoms with Crippen LogP contribution in [0.4, 0.5) is 5.69 Å². The van der Waals surface area contributed by atoms with E-state index in [-0.39, 0.29) is 11.7 Å². The molecule has 0 aromatic heterocycles. The molecule has 0 heterocycles. The SMILES string of the molecule is CCCCN(CCCC)C(=O)Cc1ccc(N)c(O)c1. The van der Waals surface area contributed by atoms with Crippen LogP contribution in [0.3, 0.4) is 0 Å². The zero-order chi connectivity index (χ0) is 15.0. The average Bonchev–Trinajstić information content (AvgIpc) is 2.43. The fourth-order valence-corrected chi connectivity index (χ4v) is 2.04. The van der Waals surface area contributed by atoms with Gasteiger partial charge in [-0.25, -0.2) is 0 Å². The van der Waals surface area contributed by atoms with Gasteiger partial charge in [-0.2, -0.15) is 0 Å². The van der Waals surface area contributed by atoms with Gasteiger partial charge in [-0.1, -0.05) is 32.8 Å². The first-order valence-corrected chi connectivity index (χ1v) is 7.43. The molecule has 0 aliphatic carbocycles. The van der Waals surface area contributed by atoms with E-state index in [2.05, 4.69) is 13.8 Å². The lowest BCUT2D eigenvalue weighted by atomic mass is 10.1. The molecule has 0 saturated carbocycles. The lowest BCUT2D eigenvalue weighted by Gasteiger charge is -2.22. The van der Waals surface area contributed by atoms with Crippen molar-refractivity contribution in [2.45, 2.75) is 46.0 Å². The summed E-state index contributed by atoms with van der Waals surface area (Å²) in [5, 5.41) is 9.58. The van der Waals surface area contributed by atoms with Gasteiger partial charge in [0.25, 0.3) is 0 Å². The van der Waals surface area contributed by atoms with Crippen molar-refractivity contribution in [3.63, 3.8) is 0 Å². The zero-order valence-corrected chi connectivity index (χ0v) is 12.6. The summed E-state index contributed by atoms with van der Waals surface area (Å²) in [7, 11) is 0. The van der Waals surface area contributed by atoms with Crippen molar-refractivity contribution in [2.24, 2.45) is 0 Å². The van der Waals surface area contributed by atoms with Crippen LogP contribution in [0.5, 0.6) is 5.75 Å². The van der Waals surface area contributed by atoms with Gasteiger partial charge in [0, 0.05) is 13.1 Å². The summed E-state index contributed by atoms with van der Waals surface area (Å²) >= 11 is 0. The number of hydrogen-bond donors (Lipinski definition) is 2. The van der Waals surface area contributed by atoms with Crippen LogP contribution in [-0.2, 0) is 11.2 Å². The number of unbranched alkanes of at least 4 members (excludes halogenated alkanes) is 2. The van der Waals surface area contributed by atoms with Crippen LogP contribution in [0.1, 0.15) is 45.1 Å². The van der Waals surface area contributed by atoms with Crippen LogP contribution in [0.15, 0.2) is 18.2 Å². The molecule has 0 bridgehead atoms. The zero-order valence-electron chi connectivity index (χ0n) is 12.6. The van der Waals surface area contributed by atoms with Crippen molar-refractivity contribution in [3.8, 4) is 5.75 Å². The molecule has 0 unspecified atom stereocenters. The highest BCUT2D eigenvalue weighted by Gasteiger charge is 2.13. The van der Waals surface area contributed by atoms with Crippen molar-refractivity contribution in [3.05, 3.63) is 23.8 Å². The number of nitrogen functional groups attached to an aromatic ring is 1. The largest absolute Gasteiger partial charge is 0.506 e. The number of phenolic OH excluding ortho intramolecular Hbond substituents is 1. The van der Waals surface area contributed by atoms with Gasteiger partial charge >= 0.3 is 0 Å². The van der Waals surface area contributed by atoms with Crippen LogP contribution in [-0.4, -0.2) is 29.0 Å². The molecule has 1 aromatic rings. The second-order valence-electron chi connectivity index (χ2n) is 5.16. The first kappa shape index (κ1) is 16.3. The molecule has 0 aliphatic heterocycles. The molecule has 0 fully saturated rings. The van der Waals surface area contributed by atoms with Crippen LogP contribution in [0.2, 0.25) is 0 Å². The molecule has 0 saturated heterocycles. The predicted octanol–water partition coefficient (Wildman–Crippen LogP) is 2.95. The third kappa shape index (κ3) is 5.11. The minimum Gasteiger partial charge on any atom is -0.506 e. The van der Waals surface area contributed by atoms with Gasteiger partial charge in [-0.3, -0.25) is 4.79 Å². The molecule has 1 rings (SSSR count). The second kappa shape index (κ2) is 8.46. The maximum absolute atomic E-state index is 12.3. The highest BCUT2D eigenvalue weighted by atomic mass is 16.3. The Bertz CT molecular complexity index is 424. The fraction of sp³-hybridized carbons (Fsp3) is 0.562. The molecule has 0 aliphatic rings. The number of aromatic hydroxyl groups is 1. The van der Waals surface area contributed by atoms with Crippen molar-refractivity contribution in [2.75, 3.05) is 18.8 Å². The number of nitrogens with two attached hydrogens (primary N) is 1. The van der Waals surface area contributed by atoms with E-state index < -0.39 is 0 Å². The van der Waals surface area contributed by atoms with Gasteiger partial charge in [-0.05, 0) is 30.5 Å². The number of carbonyl (C=O) groups excluding carboxylic acids is 1. The van der Waals surface area contributed by atoms with Crippen LogP contribution in [0, 0.1) is 0 Å². The maximum atomic E-state index is 12.3. The molecular weight excluding hydrogens is 252 g/mol. The Hall–Kier alpha value is -1.71. The standard InChI is InChI=1S/C16H26N2O2/c1-3-5-9-18(10-6-4-2)16(20)12-13-7-8-14(17)15(19)11-13/h7-8,11,19H,3-6,9-10,12,17H2,1-2H3. The lowest BCUT2D eigenvalue weighted by molar-refractivity contribution is -0.130. The number of carbonyl (C=O) groups is 1. The number of rotatable bonds is 8. The minimum atomic E-state index is 0.0453. The summed E-state index contributed by atoms with van der Waals surface area (Å²) in [4.78, 5) is 14.3. The van der Waals surface area contributed by atoms with E-state index in [0.29, 0.717) is 12.1 Å². The molecule has 1 amide bonds. The Labute approximate surface area is 121 Å². The first-order valence-electron chi connectivity index (χ1n) is 7.43. The fourth-order valence-electron chi connectivity index (χ4n) is 2.04. The van der Waals surface area contributed by atoms with Gasteiger partial charge in [-0.15, -0.1) is 0 Å². The van der Waals surface area contributed by atoms with Gasteiger partial charge in [0.05, 0.1) is 12.1 Å². The van der Waals surface area contributed by atoms with E-state index in [4.69, 9.17) is 5.73 Å². The predicted molar refractivity (Wildman–Crippen MR) is 82.6 cm³/mol. The highest BCUT2D eigenvalue weighted by Crippen LogP contribution is 2.21. The van der Waals surface area contributed by atoms with Crippen molar-refractivity contribution in [1.82, 2.24) is 4.90 Å². The Morgan fingerprint density at radius 3 is 2.30 bits per heavy atom. The second-order valence-corrected chi connectivity index (χ2v) is 5.16. The number of amides is 1. The molecule has 3 N–H and O–H groups in total. The first-order chi connectivity index (χ1) is 9.58. The summed E-state index contributed by atoms with van der Waals surface area (Å²) in [6.45, 7) is 5.88. The summed E-state index contributed by atoms with van der Waals surface area (Å²) < 4.78 is 0. The average molecular weight is 278 g/mol. The van der Waals surface area contributed by atoms with E-state index in [1.54, 1.807) is 18.2 Å². The van der Waals surface area contributed by atoms with E-state index in [1.807, 2.05) is 4.90 Å². The maximum Gasteiger partial charge on any atom is 0.226 e. The van der Waals surface area contributed by atoms with E-state index in [0.717, 1.165) is 44.3 Å². The third-order valence-corrected chi connectivity index (χ3v) is 3.37. The Morgan fingerprint density at radius 2 is 1.80 bits per heavy atom. The Kier molecular flexibility index (Phi) is 6.91. The summed E-state index contributed by atoms with van der Waals surface area (Å²) in [5.74, 6) is 0.167. The molecule has 20 heavy (non-hydrogen) atoms. The molecule has 0 spiro atoms. The van der Waals surface area contributed by atoms with Gasteiger partial charge in [0.1, 0.15) is 5.75 Å². The molecule has 0 atom stereocenters. The third-order valence-electron chi connectivity index (χ3n) is 3.37. The molecule has 112 valence electrons. The molecular formula is C16H26N2O2. The highest BCUT2D eigenvalue weighted by molar-refractivity contribution is 5.79. The summed E-state index contributed by atoms with van der Waals surface area (Å²) in [6, 6.07) is 5.01.